The van der Waals surface area contributed by atoms with Crippen molar-refractivity contribution < 1.29 is 14.3 Å². The van der Waals surface area contributed by atoms with Crippen molar-refractivity contribution in [1.29, 1.82) is 0 Å². The molecule has 0 atom stereocenters. The highest BCUT2D eigenvalue weighted by atomic mass is 16.7. The van der Waals surface area contributed by atoms with Crippen molar-refractivity contribution in [1.82, 2.24) is 9.99 Å². The molecule has 0 fully saturated rings. The summed E-state index contributed by atoms with van der Waals surface area (Å²) in [6.07, 6.45) is 4.20. The Labute approximate surface area is 127 Å². The van der Waals surface area contributed by atoms with Crippen LogP contribution in [-0.4, -0.2) is 34.9 Å². The fourth-order valence-corrected chi connectivity index (χ4v) is 2.52. The van der Waals surface area contributed by atoms with Crippen LogP contribution in [0.2, 0.25) is 0 Å². The van der Waals surface area contributed by atoms with Gasteiger partial charge in [0.05, 0.1) is 12.3 Å². The Kier molecular flexibility index (Phi) is 3.00. The highest BCUT2D eigenvalue weighted by Gasteiger charge is 2.24. The van der Waals surface area contributed by atoms with Crippen LogP contribution in [0.5, 0.6) is 11.5 Å². The zero-order valence-electron chi connectivity index (χ0n) is 11.7. The summed E-state index contributed by atoms with van der Waals surface area (Å²) in [7, 11) is 0. The summed E-state index contributed by atoms with van der Waals surface area (Å²) in [5.74, 6) is 1.12. The van der Waals surface area contributed by atoms with Crippen LogP contribution in [0.4, 0.5) is 0 Å². The zero-order valence-corrected chi connectivity index (χ0v) is 11.7. The van der Waals surface area contributed by atoms with E-state index in [-0.39, 0.29) is 12.7 Å². The number of ether oxygens (including phenoxy) is 2. The molecule has 0 unspecified atom stereocenters. The lowest BCUT2D eigenvalue weighted by molar-refractivity contribution is 0.0778. The minimum Gasteiger partial charge on any atom is -0.454 e. The van der Waals surface area contributed by atoms with Crippen LogP contribution in [0.15, 0.2) is 47.8 Å². The molecule has 0 saturated heterocycles. The number of carbonyl (C=O) groups is 1. The Morgan fingerprint density at radius 2 is 2.09 bits per heavy atom. The third kappa shape index (κ3) is 2.18. The van der Waals surface area contributed by atoms with Gasteiger partial charge in [0.2, 0.25) is 6.79 Å². The van der Waals surface area contributed by atoms with E-state index in [9.17, 15) is 4.79 Å². The van der Waals surface area contributed by atoms with Crippen LogP contribution in [-0.2, 0) is 0 Å². The Morgan fingerprint density at radius 1 is 1.18 bits per heavy atom. The van der Waals surface area contributed by atoms with Crippen LogP contribution in [0.3, 0.4) is 0 Å². The van der Waals surface area contributed by atoms with Gasteiger partial charge in [0.1, 0.15) is 0 Å². The molecule has 0 N–H and O–H groups in total. The Hall–Kier alpha value is -2.89. The van der Waals surface area contributed by atoms with Gasteiger partial charge in [0, 0.05) is 29.9 Å². The monoisotopic (exact) mass is 295 g/mol. The molecular weight excluding hydrogens is 282 g/mol. The number of amides is 1. The summed E-state index contributed by atoms with van der Waals surface area (Å²) in [5.41, 5.74) is 2.37. The number of hydrazone groups is 1. The summed E-state index contributed by atoms with van der Waals surface area (Å²) in [4.78, 5) is 16.6. The lowest BCUT2D eigenvalue weighted by Crippen LogP contribution is -2.23. The maximum absolute atomic E-state index is 12.5. The SMILES string of the molecule is O=C(c1ccc2c(c1)OCO2)N1CCC(c2cccnc2)=N1. The summed E-state index contributed by atoms with van der Waals surface area (Å²) in [5, 5.41) is 5.90. The van der Waals surface area contributed by atoms with Gasteiger partial charge in [-0.15, -0.1) is 0 Å². The maximum Gasteiger partial charge on any atom is 0.274 e. The van der Waals surface area contributed by atoms with Gasteiger partial charge in [-0.25, -0.2) is 5.01 Å². The second-order valence-electron chi connectivity index (χ2n) is 5.03. The molecule has 22 heavy (non-hydrogen) atoms. The van der Waals surface area contributed by atoms with E-state index in [1.165, 1.54) is 5.01 Å². The van der Waals surface area contributed by atoms with Crippen molar-refractivity contribution in [3.05, 3.63) is 53.9 Å². The number of hydrogen-bond acceptors (Lipinski definition) is 5. The van der Waals surface area contributed by atoms with Crippen molar-refractivity contribution in [2.75, 3.05) is 13.3 Å². The zero-order chi connectivity index (χ0) is 14.9. The van der Waals surface area contributed by atoms with Crippen molar-refractivity contribution in [2.45, 2.75) is 6.42 Å². The first-order valence-corrected chi connectivity index (χ1v) is 7.01. The fourth-order valence-electron chi connectivity index (χ4n) is 2.52. The molecular formula is C16H13N3O3. The molecule has 6 heteroatoms. The second kappa shape index (κ2) is 5.14. The first kappa shape index (κ1) is 12.8. The van der Waals surface area contributed by atoms with E-state index in [1.807, 2.05) is 12.1 Å². The van der Waals surface area contributed by atoms with Crippen LogP contribution >= 0.6 is 0 Å². The van der Waals surface area contributed by atoms with Gasteiger partial charge in [0.15, 0.2) is 11.5 Å². The van der Waals surface area contributed by atoms with Crippen LogP contribution in [0, 0.1) is 0 Å². The van der Waals surface area contributed by atoms with Crippen molar-refractivity contribution in [2.24, 2.45) is 5.10 Å². The second-order valence-corrected chi connectivity index (χ2v) is 5.03. The van der Waals surface area contributed by atoms with Gasteiger partial charge in [-0.1, -0.05) is 6.07 Å². The van der Waals surface area contributed by atoms with Gasteiger partial charge in [-0.3, -0.25) is 9.78 Å². The predicted octanol–water partition coefficient (Wildman–Crippen LogP) is 2.06. The molecule has 0 spiro atoms. The van der Waals surface area contributed by atoms with E-state index in [1.54, 1.807) is 30.6 Å². The standard InChI is InChI=1S/C16H13N3O3/c20-16(11-3-4-14-15(8-11)22-10-21-14)19-7-5-13(18-19)12-2-1-6-17-9-12/h1-4,6,8-9H,5,7,10H2. The van der Waals surface area contributed by atoms with Gasteiger partial charge in [-0.2, -0.15) is 5.10 Å². The Balaban J connectivity index is 1.58. The molecule has 1 aromatic carbocycles. The largest absolute Gasteiger partial charge is 0.454 e. The van der Waals surface area contributed by atoms with Crippen LogP contribution < -0.4 is 9.47 Å². The topological polar surface area (TPSA) is 64.0 Å². The van der Waals surface area contributed by atoms with E-state index in [4.69, 9.17) is 9.47 Å². The average molecular weight is 295 g/mol. The smallest absolute Gasteiger partial charge is 0.274 e. The maximum atomic E-state index is 12.5. The first-order chi connectivity index (χ1) is 10.8. The number of pyridine rings is 1. The normalized spacial score (nSPS) is 15.8. The minimum absolute atomic E-state index is 0.141. The highest BCUT2D eigenvalue weighted by Crippen LogP contribution is 2.33. The lowest BCUT2D eigenvalue weighted by Gasteiger charge is -2.11. The third-order valence-electron chi connectivity index (χ3n) is 3.65. The molecule has 2 aromatic rings. The summed E-state index contributed by atoms with van der Waals surface area (Å²) in [6.45, 7) is 0.761. The first-order valence-electron chi connectivity index (χ1n) is 7.01. The van der Waals surface area contributed by atoms with Gasteiger partial charge >= 0.3 is 0 Å². The minimum atomic E-state index is -0.141. The molecule has 110 valence electrons. The van der Waals surface area contributed by atoms with Crippen molar-refractivity contribution in [3.8, 4) is 11.5 Å². The molecule has 4 rings (SSSR count). The lowest BCUT2D eigenvalue weighted by atomic mass is 10.1. The summed E-state index contributed by atoms with van der Waals surface area (Å²) in [6, 6.07) is 8.98. The number of carbonyl (C=O) groups excluding carboxylic acids is 1. The molecule has 3 heterocycles. The molecule has 0 bridgehead atoms. The predicted molar refractivity (Wildman–Crippen MR) is 79.0 cm³/mol. The quantitative estimate of drug-likeness (QED) is 0.850. The average Bonchev–Trinajstić information content (AvgIpc) is 3.23. The molecule has 1 aromatic heterocycles. The number of aromatic nitrogens is 1. The number of hydrogen-bond donors (Lipinski definition) is 0. The molecule has 2 aliphatic rings. The number of fused-ring (bicyclic) bond motifs is 1. The van der Waals surface area contributed by atoms with Crippen molar-refractivity contribution >= 4 is 11.6 Å². The molecule has 0 radical (unpaired) electrons. The molecule has 0 aliphatic carbocycles. The number of benzene rings is 1. The highest BCUT2D eigenvalue weighted by molar-refractivity contribution is 6.04. The van der Waals surface area contributed by atoms with Crippen LogP contribution in [0.25, 0.3) is 0 Å². The third-order valence-corrected chi connectivity index (χ3v) is 3.65. The van der Waals surface area contributed by atoms with E-state index in [0.717, 1.165) is 17.7 Å². The molecule has 6 nitrogen and oxygen atoms in total. The molecule has 0 saturated carbocycles. The van der Waals surface area contributed by atoms with Gasteiger partial charge in [-0.05, 0) is 24.3 Å². The van der Waals surface area contributed by atoms with E-state index >= 15 is 0 Å². The van der Waals surface area contributed by atoms with E-state index in [0.29, 0.717) is 23.6 Å². The Bertz CT molecular complexity index is 758. The van der Waals surface area contributed by atoms with Gasteiger partial charge in [0.25, 0.3) is 5.91 Å². The Morgan fingerprint density at radius 3 is 2.95 bits per heavy atom. The number of rotatable bonds is 2. The van der Waals surface area contributed by atoms with Gasteiger partial charge < -0.3 is 9.47 Å². The summed E-state index contributed by atoms with van der Waals surface area (Å²) >= 11 is 0. The summed E-state index contributed by atoms with van der Waals surface area (Å²) < 4.78 is 10.6. The van der Waals surface area contributed by atoms with E-state index in [2.05, 4.69) is 10.1 Å². The molecule has 2 aliphatic heterocycles. The van der Waals surface area contributed by atoms with Crippen molar-refractivity contribution in [3.63, 3.8) is 0 Å². The molecule has 1 amide bonds. The van der Waals surface area contributed by atoms with Crippen LogP contribution in [0.1, 0.15) is 22.3 Å². The fraction of sp³-hybridized carbons (Fsp3) is 0.188. The number of nitrogens with zero attached hydrogens (tertiary/aromatic N) is 3. The van der Waals surface area contributed by atoms with E-state index < -0.39 is 0 Å².